The highest BCUT2D eigenvalue weighted by molar-refractivity contribution is 5.96. The smallest absolute Gasteiger partial charge is 0.226 e. The van der Waals surface area contributed by atoms with Gasteiger partial charge in [-0.25, -0.2) is 4.99 Å². The zero-order valence-corrected chi connectivity index (χ0v) is 11.4. The standard InChI is InChI=1S/C12H13NO.C2H6.C2H2/c1-2-3-9-13-10-12(14)11-7-5-4-6-8-11;2*1-2/h2-9H,10H2,1H3;1-2H3;1-2H/p+1/b3-2-,13-9?;;. The number of hydrogen-bond acceptors (Lipinski definition) is 1. The molecule has 0 radical (unpaired) electrons. The summed E-state index contributed by atoms with van der Waals surface area (Å²) in [5, 5.41) is 0. The van der Waals surface area contributed by atoms with Crippen molar-refractivity contribution in [1.29, 1.82) is 0 Å². The zero-order chi connectivity index (χ0) is 14.2. The summed E-state index contributed by atoms with van der Waals surface area (Å²) < 4.78 is 0. The van der Waals surface area contributed by atoms with E-state index in [1.54, 1.807) is 6.21 Å². The molecule has 0 spiro atoms. The lowest BCUT2D eigenvalue weighted by atomic mass is 10.1. The van der Waals surface area contributed by atoms with Gasteiger partial charge in [0.15, 0.2) is 6.21 Å². The Balaban J connectivity index is 0. The monoisotopic (exact) mass is 244 g/mol. The number of allylic oxidation sites excluding steroid dienone is 2. The van der Waals surface area contributed by atoms with Gasteiger partial charge in [-0.05, 0) is 13.0 Å². The molecule has 0 amide bonds. The fourth-order valence-electron chi connectivity index (χ4n) is 1.04. The molecule has 1 aromatic carbocycles. The summed E-state index contributed by atoms with van der Waals surface area (Å²) in [6.07, 6.45) is 13.5. The van der Waals surface area contributed by atoms with Gasteiger partial charge in [0.05, 0.1) is 0 Å². The molecule has 0 heterocycles. The minimum absolute atomic E-state index is 0.103. The predicted molar refractivity (Wildman–Crippen MR) is 78.7 cm³/mol. The number of hydrogen-bond donors (Lipinski definition) is 1. The van der Waals surface area contributed by atoms with E-state index < -0.39 is 0 Å². The minimum Gasteiger partial charge on any atom is -0.287 e. The van der Waals surface area contributed by atoms with E-state index in [4.69, 9.17) is 0 Å². The third-order valence-corrected chi connectivity index (χ3v) is 1.76. The first-order valence-electron chi connectivity index (χ1n) is 5.94. The number of carbonyl (C=O) groups is 1. The molecule has 2 nitrogen and oxygen atoms in total. The highest BCUT2D eigenvalue weighted by Gasteiger charge is 2.04. The van der Waals surface area contributed by atoms with Crippen molar-refractivity contribution in [3.63, 3.8) is 0 Å². The molecule has 0 saturated carbocycles. The summed E-state index contributed by atoms with van der Waals surface area (Å²) in [6, 6.07) is 9.27. The van der Waals surface area contributed by atoms with Crippen LogP contribution in [0.2, 0.25) is 0 Å². The zero-order valence-electron chi connectivity index (χ0n) is 11.4. The first-order valence-corrected chi connectivity index (χ1v) is 5.94. The Bertz CT molecular complexity index is 375. The van der Waals surface area contributed by atoms with Gasteiger partial charge in [-0.2, -0.15) is 0 Å². The molecule has 0 fully saturated rings. The number of benzene rings is 1. The van der Waals surface area contributed by atoms with Gasteiger partial charge >= 0.3 is 0 Å². The number of nitrogens with one attached hydrogen (secondary N) is 1. The molecule has 0 bridgehead atoms. The summed E-state index contributed by atoms with van der Waals surface area (Å²) >= 11 is 0. The van der Waals surface area contributed by atoms with Crippen molar-refractivity contribution < 1.29 is 9.79 Å². The van der Waals surface area contributed by atoms with Crippen LogP contribution in [0.4, 0.5) is 0 Å². The predicted octanol–water partition coefficient (Wildman–Crippen LogP) is 1.87. The minimum atomic E-state index is 0.103. The maximum absolute atomic E-state index is 11.5. The average Bonchev–Trinajstić information content (AvgIpc) is 2.48. The topological polar surface area (TPSA) is 31.0 Å². The number of Topliss-reactive ketones (excluding diaryl/α,β-unsaturated/α-hetero) is 1. The molecular formula is C16H22NO+. The molecule has 0 aliphatic rings. The molecular weight excluding hydrogens is 222 g/mol. The Kier molecular flexibility index (Phi) is 15.1. The lowest BCUT2D eigenvalue weighted by Gasteiger charge is -1.92. The van der Waals surface area contributed by atoms with Gasteiger partial charge in [-0.15, -0.1) is 12.8 Å². The Morgan fingerprint density at radius 2 is 1.78 bits per heavy atom. The second kappa shape index (κ2) is 14.9. The number of rotatable bonds is 4. The van der Waals surface area contributed by atoms with E-state index in [1.807, 2.05) is 63.3 Å². The summed E-state index contributed by atoms with van der Waals surface area (Å²) in [4.78, 5) is 14.4. The Labute approximate surface area is 110 Å². The van der Waals surface area contributed by atoms with E-state index in [-0.39, 0.29) is 5.78 Å². The van der Waals surface area contributed by atoms with Gasteiger partial charge in [0, 0.05) is 5.56 Å². The van der Waals surface area contributed by atoms with Crippen LogP contribution in [-0.4, -0.2) is 18.5 Å². The van der Waals surface area contributed by atoms with Crippen molar-refractivity contribution in [2.75, 3.05) is 6.54 Å². The molecule has 0 saturated heterocycles. The molecule has 96 valence electrons. The van der Waals surface area contributed by atoms with Crippen LogP contribution in [0.25, 0.3) is 0 Å². The van der Waals surface area contributed by atoms with Crippen molar-refractivity contribution in [3.05, 3.63) is 48.0 Å². The van der Waals surface area contributed by atoms with Crippen molar-refractivity contribution >= 4 is 12.0 Å². The fourth-order valence-corrected chi connectivity index (χ4v) is 1.04. The molecule has 1 rings (SSSR count). The van der Waals surface area contributed by atoms with Crippen LogP contribution < -0.4 is 4.99 Å². The molecule has 2 heteroatoms. The van der Waals surface area contributed by atoms with E-state index in [1.165, 1.54) is 0 Å². The molecule has 18 heavy (non-hydrogen) atoms. The molecule has 0 aliphatic carbocycles. The van der Waals surface area contributed by atoms with Crippen LogP contribution in [-0.2, 0) is 0 Å². The average molecular weight is 244 g/mol. The lowest BCUT2D eigenvalue weighted by molar-refractivity contribution is -0.434. The SMILES string of the molecule is C#C.C/C=C\C=[NH+]CC(=O)c1ccccc1.CC. The van der Waals surface area contributed by atoms with Gasteiger partial charge in [0.2, 0.25) is 12.3 Å². The van der Waals surface area contributed by atoms with Gasteiger partial charge in [0.1, 0.15) is 0 Å². The second-order valence-corrected chi connectivity index (χ2v) is 2.86. The number of carbonyl (C=O) groups excluding carboxylic acids is 1. The van der Waals surface area contributed by atoms with E-state index >= 15 is 0 Å². The molecule has 0 aliphatic heterocycles. The first-order chi connectivity index (χ1) is 8.84. The van der Waals surface area contributed by atoms with E-state index in [9.17, 15) is 4.79 Å². The van der Waals surface area contributed by atoms with E-state index in [2.05, 4.69) is 17.8 Å². The summed E-state index contributed by atoms with van der Waals surface area (Å²) in [6.45, 7) is 6.27. The first kappa shape index (κ1) is 18.2. The molecule has 0 unspecified atom stereocenters. The van der Waals surface area contributed by atoms with Gasteiger partial charge in [-0.3, -0.25) is 4.79 Å². The van der Waals surface area contributed by atoms with E-state index in [0.29, 0.717) is 6.54 Å². The molecule has 1 aromatic rings. The highest BCUT2D eigenvalue weighted by Crippen LogP contribution is 1.97. The van der Waals surface area contributed by atoms with Gasteiger partial charge in [-0.1, -0.05) is 50.3 Å². The highest BCUT2D eigenvalue weighted by atomic mass is 16.1. The Hall–Kier alpha value is -2.14. The normalized spacial score (nSPS) is 9.17. The second-order valence-electron chi connectivity index (χ2n) is 2.86. The maximum atomic E-state index is 11.5. The van der Waals surface area contributed by atoms with Crippen molar-refractivity contribution in [3.8, 4) is 12.8 Å². The van der Waals surface area contributed by atoms with Crippen LogP contribution in [0.15, 0.2) is 42.5 Å². The Morgan fingerprint density at radius 3 is 2.28 bits per heavy atom. The van der Waals surface area contributed by atoms with Crippen molar-refractivity contribution in [2.45, 2.75) is 20.8 Å². The maximum Gasteiger partial charge on any atom is 0.226 e. The largest absolute Gasteiger partial charge is 0.287 e. The Morgan fingerprint density at radius 1 is 1.22 bits per heavy atom. The summed E-state index contributed by atoms with van der Waals surface area (Å²) in [5.74, 6) is 0.103. The fraction of sp³-hybridized carbons (Fsp3) is 0.250. The summed E-state index contributed by atoms with van der Waals surface area (Å²) in [7, 11) is 0. The van der Waals surface area contributed by atoms with Gasteiger partial charge < -0.3 is 0 Å². The van der Waals surface area contributed by atoms with Crippen molar-refractivity contribution in [1.82, 2.24) is 0 Å². The third-order valence-electron chi connectivity index (χ3n) is 1.76. The van der Waals surface area contributed by atoms with Crippen LogP contribution >= 0.6 is 0 Å². The summed E-state index contributed by atoms with van der Waals surface area (Å²) in [5.41, 5.74) is 0.744. The van der Waals surface area contributed by atoms with Gasteiger partial charge in [0.25, 0.3) is 0 Å². The van der Waals surface area contributed by atoms with Crippen molar-refractivity contribution in [2.24, 2.45) is 0 Å². The number of ketones is 1. The van der Waals surface area contributed by atoms with Crippen LogP contribution in [0.5, 0.6) is 0 Å². The number of terminal acetylenes is 1. The lowest BCUT2D eigenvalue weighted by Crippen LogP contribution is -2.71. The van der Waals surface area contributed by atoms with Crippen LogP contribution in [0, 0.1) is 12.8 Å². The van der Waals surface area contributed by atoms with Crippen LogP contribution in [0.1, 0.15) is 31.1 Å². The van der Waals surface area contributed by atoms with Crippen LogP contribution in [0.3, 0.4) is 0 Å². The molecule has 0 aromatic heterocycles. The molecule has 1 N–H and O–H groups in total. The van der Waals surface area contributed by atoms with E-state index in [0.717, 1.165) is 5.56 Å². The quantitative estimate of drug-likeness (QED) is 0.489. The molecule has 0 atom stereocenters. The third kappa shape index (κ3) is 9.11.